The number of nitriles is 1. The molecule has 1 aromatic rings. The second kappa shape index (κ2) is 8.07. The molecule has 0 spiro atoms. The van der Waals surface area contributed by atoms with Crippen LogP contribution in [0.2, 0.25) is 0 Å². The molecule has 0 aromatic carbocycles. The van der Waals surface area contributed by atoms with E-state index in [0.717, 1.165) is 12.3 Å². The molecule has 0 radical (unpaired) electrons. The van der Waals surface area contributed by atoms with Crippen molar-refractivity contribution in [2.24, 2.45) is 0 Å². The predicted octanol–water partition coefficient (Wildman–Crippen LogP) is 1.26. The molecule has 1 aromatic heterocycles. The van der Waals surface area contributed by atoms with Gasteiger partial charge in [0.1, 0.15) is 11.6 Å². The molecule has 7 heteroatoms. The number of rotatable bonds is 7. The summed E-state index contributed by atoms with van der Waals surface area (Å²) in [6, 6.07) is 3.11. The Labute approximate surface area is 117 Å². The molecule has 6 nitrogen and oxygen atoms in total. The van der Waals surface area contributed by atoms with E-state index in [0.29, 0.717) is 19.0 Å². The molecule has 20 heavy (non-hydrogen) atoms. The van der Waals surface area contributed by atoms with E-state index in [9.17, 15) is 9.18 Å². The van der Waals surface area contributed by atoms with Crippen molar-refractivity contribution in [3.8, 4) is 6.07 Å². The Bertz CT molecular complexity index is 502. The first-order valence-electron chi connectivity index (χ1n) is 6.12. The van der Waals surface area contributed by atoms with E-state index >= 15 is 0 Å². The SMILES string of the molecule is CNc1ncc(F)cc1C(=O)N(CCC#N)CCOC. The molecule has 0 saturated heterocycles. The average molecular weight is 280 g/mol. The fourth-order valence-corrected chi connectivity index (χ4v) is 1.67. The lowest BCUT2D eigenvalue weighted by molar-refractivity contribution is 0.0700. The minimum Gasteiger partial charge on any atom is -0.383 e. The highest BCUT2D eigenvalue weighted by molar-refractivity contribution is 5.98. The molecule has 0 aliphatic heterocycles. The fourth-order valence-electron chi connectivity index (χ4n) is 1.67. The molecule has 1 amide bonds. The lowest BCUT2D eigenvalue weighted by Gasteiger charge is -2.22. The van der Waals surface area contributed by atoms with Crippen LogP contribution in [-0.4, -0.2) is 49.6 Å². The van der Waals surface area contributed by atoms with E-state index in [1.807, 2.05) is 6.07 Å². The minimum atomic E-state index is -0.584. The maximum atomic E-state index is 13.3. The van der Waals surface area contributed by atoms with Crippen LogP contribution in [0.1, 0.15) is 16.8 Å². The Morgan fingerprint density at radius 3 is 2.95 bits per heavy atom. The van der Waals surface area contributed by atoms with Crippen LogP contribution in [0.3, 0.4) is 0 Å². The molecule has 0 aliphatic carbocycles. The van der Waals surface area contributed by atoms with E-state index in [2.05, 4.69) is 10.3 Å². The van der Waals surface area contributed by atoms with Crippen LogP contribution in [0.5, 0.6) is 0 Å². The number of methoxy groups -OCH3 is 1. The lowest BCUT2D eigenvalue weighted by Crippen LogP contribution is -2.35. The molecule has 0 bridgehead atoms. The van der Waals surface area contributed by atoms with Crippen LogP contribution in [0.25, 0.3) is 0 Å². The highest BCUT2D eigenvalue weighted by Gasteiger charge is 2.20. The molecule has 0 aliphatic rings. The molecule has 1 heterocycles. The van der Waals surface area contributed by atoms with Gasteiger partial charge in [-0.05, 0) is 6.07 Å². The van der Waals surface area contributed by atoms with Crippen molar-refractivity contribution in [1.29, 1.82) is 5.26 Å². The summed E-state index contributed by atoms with van der Waals surface area (Å²) in [5.74, 6) is -0.663. The summed E-state index contributed by atoms with van der Waals surface area (Å²) in [5, 5.41) is 11.4. The van der Waals surface area contributed by atoms with Gasteiger partial charge >= 0.3 is 0 Å². The second-order valence-corrected chi connectivity index (χ2v) is 3.99. The summed E-state index contributed by atoms with van der Waals surface area (Å²) in [6.45, 7) is 0.934. The third-order valence-corrected chi connectivity index (χ3v) is 2.67. The van der Waals surface area contributed by atoms with Crippen LogP contribution < -0.4 is 5.32 Å². The van der Waals surface area contributed by atoms with Crippen LogP contribution in [0, 0.1) is 17.1 Å². The number of hydrogen-bond acceptors (Lipinski definition) is 5. The molecule has 0 fully saturated rings. The van der Waals surface area contributed by atoms with Crippen molar-refractivity contribution in [3.05, 3.63) is 23.6 Å². The Balaban J connectivity index is 2.98. The summed E-state index contributed by atoms with van der Waals surface area (Å²) in [4.78, 5) is 17.7. The predicted molar refractivity (Wildman–Crippen MR) is 71.8 cm³/mol. The van der Waals surface area contributed by atoms with Crippen LogP contribution in [-0.2, 0) is 4.74 Å². The molecule has 0 atom stereocenters. The minimum absolute atomic E-state index is 0.140. The topological polar surface area (TPSA) is 78.3 Å². The van der Waals surface area contributed by atoms with Crippen molar-refractivity contribution < 1.29 is 13.9 Å². The number of nitrogens with one attached hydrogen (secondary N) is 1. The highest BCUT2D eigenvalue weighted by atomic mass is 19.1. The number of nitrogens with zero attached hydrogens (tertiary/aromatic N) is 3. The number of halogens is 1. The van der Waals surface area contributed by atoms with Gasteiger partial charge in [-0.2, -0.15) is 5.26 Å². The van der Waals surface area contributed by atoms with Gasteiger partial charge < -0.3 is 15.0 Å². The number of carbonyl (C=O) groups is 1. The molecular formula is C13H17FN4O2. The number of aromatic nitrogens is 1. The molecule has 0 saturated carbocycles. The highest BCUT2D eigenvalue weighted by Crippen LogP contribution is 2.16. The van der Waals surface area contributed by atoms with Crippen molar-refractivity contribution in [2.45, 2.75) is 6.42 Å². The van der Waals surface area contributed by atoms with Crippen molar-refractivity contribution >= 4 is 11.7 Å². The molecular weight excluding hydrogens is 263 g/mol. The zero-order chi connectivity index (χ0) is 15.0. The van der Waals surface area contributed by atoms with Gasteiger partial charge in [0, 0.05) is 27.2 Å². The third kappa shape index (κ3) is 4.17. The van der Waals surface area contributed by atoms with Crippen molar-refractivity contribution in [1.82, 2.24) is 9.88 Å². The van der Waals surface area contributed by atoms with Crippen LogP contribution >= 0.6 is 0 Å². The lowest BCUT2D eigenvalue weighted by atomic mass is 10.2. The second-order valence-electron chi connectivity index (χ2n) is 3.99. The summed E-state index contributed by atoms with van der Waals surface area (Å²) in [6.07, 6.45) is 1.24. The van der Waals surface area contributed by atoms with Gasteiger partial charge in [0.05, 0.1) is 30.9 Å². The maximum absolute atomic E-state index is 13.3. The molecule has 108 valence electrons. The Morgan fingerprint density at radius 2 is 2.35 bits per heavy atom. The number of anilines is 1. The quantitative estimate of drug-likeness (QED) is 0.813. The standard InChI is InChI=1S/C13H17FN4O2/c1-16-12-11(8-10(14)9-17-12)13(19)18(5-3-4-15)6-7-20-2/h8-9H,3,5-7H2,1-2H3,(H,16,17). The zero-order valence-electron chi connectivity index (χ0n) is 11.5. The van der Waals surface area contributed by atoms with Crippen molar-refractivity contribution in [3.63, 3.8) is 0 Å². The Morgan fingerprint density at radius 1 is 1.60 bits per heavy atom. The van der Waals surface area contributed by atoms with E-state index in [1.165, 1.54) is 12.0 Å². The number of hydrogen-bond donors (Lipinski definition) is 1. The smallest absolute Gasteiger partial charge is 0.257 e. The molecule has 1 rings (SSSR count). The number of carbonyl (C=O) groups excluding carboxylic acids is 1. The van der Waals surface area contributed by atoms with Gasteiger partial charge in [0.15, 0.2) is 0 Å². The first-order valence-corrected chi connectivity index (χ1v) is 6.12. The van der Waals surface area contributed by atoms with E-state index in [-0.39, 0.29) is 24.4 Å². The average Bonchev–Trinajstić information content (AvgIpc) is 2.46. The van der Waals surface area contributed by atoms with E-state index < -0.39 is 5.82 Å². The summed E-state index contributed by atoms with van der Waals surface area (Å²) in [5.41, 5.74) is 0.140. The first kappa shape index (κ1) is 15.9. The van der Waals surface area contributed by atoms with E-state index in [4.69, 9.17) is 10.00 Å². The number of pyridine rings is 1. The van der Waals surface area contributed by atoms with Gasteiger partial charge in [-0.25, -0.2) is 9.37 Å². The van der Waals surface area contributed by atoms with Crippen LogP contribution in [0.15, 0.2) is 12.3 Å². The maximum Gasteiger partial charge on any atom is 0.257 e. The Hall–Kier alpha value is -2.20. The van der Waals surface area contributed by atoms with Gasteiger partial charge in [-0.1, -0.05) is 0 Å². The van der Waals surface area contributed by atoms with Gasteiger partial charge in [0.25, 0.3) is 5.91 Å². The summed E-state index contributed by atoms with van der Waals surface area (Å²) < 4.78 is 18.2. The Kier molecular flexibility index (Phi) is 6.40. The largest absolute Gasteiger partial charge is 0.383 e. The number of ether oxygens (including phenoxy) is 1. The molecule has 0 unspecified atom stereocenters. The summed E-state index contributed by atoms with van der Waals surface area (Å²) in [7, 11) is 3.13. The van der Waals surface area contributed by atoms with Crippen LogP contribution in [0.4, 0.5) is 10.2 Å². The third-order valence-electron chi connectivity index (χ3n) is 2.67. The fraction of sp³-hybridized carbons (Fsp3) is 0.462. The number of amides is 1. The van der Waals surface area contributed by atoms with Gasteiger partial charge in [0.2, 0.25) is 0 Å². The van der Waals surface area contributed by atoms with Crippen molar-refractivity contribution in [2.75, 3.05) is 39.2 Å². The van der Waals surface area contributed by atoms with E-state index in [1.54, 1.807) is 7.05 Å². The first-order chi connectivity index (χ1) is 9.63. The normalized spacial score (nSPS) is 9.90. The zero-order valence-corrected chi connectivity index (χ0v) is 11.5. The van der Waals surface area contributed by atoms with Gasteiger partial charge in [-0.3, -0.25) is 4.79 Å². The van der Waals surface area contributed by atoms with Gasteiger partial charge in [-0.15, -0.1) is 0 Å². The monoisotopic (exact) mass is 280 g/mol. The summed E-state index contributed by atoms with van der Waals surface area (Å²) >= 11 is 0. The molecule has 1 N–H and O–H groups in total.